The van der Waals surface area contributed by atoms with Crippen LogP contribution in [0.15, 0.2) is 28.3 Å². The van der Waals surface area contributed by atoms with E-state index in [0.717, 1.165) is 10.8 Å². The summed E-state index contributed by atoms with van der Waals surface area (Å²) in [5.74, 6) is 1.57. The van der Waals surface area contributed by atoms with Crippen molar-refractivity contribution in [2.75, 3.05) is 18.8 Å². The zero-order valence-electron chi connectivity index (χ0n) is 12.0. The number of aromatic nitrogens is 1. The van der Waals surface area contributed by atoms with Crippen LogP contribution in [0.5, 0.6) is 0 Å². The predicted molar refractivity (Wildman–Crippen MR) is 79.9 cm³/mol. The second-order valence-electron chi connectivity index (χ2n) is 4.63. The highest BCUT2D eigenvalue weighted by molar-refractivity contribution is 7.99. The van der Waals surface area contributed by atoms with Crippen molar-refractivity contribution >= 4 is 21.8 Å². The molecule has 0 N–H and O–H groups in total. The molecule has 0 saturated heterocycles. The molecular weight excluding hydrogens is 280 g/mol. The van der Waals surface area contributed by atoms with E-state index in [-0.39, 0.29) is 4.90 Å². The van der Waals surface area contributed by atoms with Gasteiger partial charge in [-0.1, -0.05) is 27.7 Å². The Morgan fingerprint density at radius 1 is 1.26 bits per heavy atom. The van der Waals surface area contributed by atoms with Gasteiger partial charge in [0.05, 0.1) is 5.03 Å². The lowest BCUT2D eigenvalue weighted by molar-refractivity contribution is 0.445. The highest BCUT2D eigenvalue weighted by Gasteiger charge is 2.21. The van der Waals surface area contributed by atoms with Gasteiger partial charge in [-0.2, -0.15) is 4.31 Å². The predicted octanol–water partition coefficient (Wildman–Crippen LogP) is 2.86. The summed E-state index contributed by atoms with van der Waals surface area (Å²) in [7, 11) is -3.39. The van der Waals surface area contributed by atoms with Crippen LogP contribution in [0.2, 0.25) is 0 Å². The topological polar surface area (TPSA) is 50.3 Å². The van der Waals surface area contributed by atoms with Crippen LogP contribution in [0.4, 0.5) is 0 Å². The van der Waals surface area contributed by atoms with Crippen LogP contribution < -0.4 is 0 Å². The number of hydrogen-bond donors (Lipinski definition) is 0. The first-order chi connectivity index (χ1) is 8.91. The van der Waals surface area contributed by atoms with E-state index in [1.165, 1.54) is 10.5 Å². The van der Waals surface area contributed by atoms with Gasteiger partial charge < -0.3 is 0 Å². The summed E-state index contributed by atoms with van der Waals surface area (Å²) < 4.78 is 25.9. The van der Waals surface area contributed by atoms with Gasteiger partial charge in [0.25, 0.3) is 0 Å². The third-order valence-electron chi connectivity index (χ3n) is 2.62. The van der Waals surface area contributed by atoms with E-state index in [4.69, 9.17) is 0 Å². The van der Waals surface area contributed by atoms with E-state index in [2.05, 4.69) is 18.8 Å². The third kappa shape index (κ3) is 4.47. The summed E-state index contributed by atoms with van der Waals surface area (Å²) in [5.41, 5.74) is 0. The van der Waals surface area contributed by atoms with Crippen LogP contribution in [0.25, 0.3) is 0 Å². The van der Waals surface area contributed by atoms with E-state index >= 15 is 0 Å². The van der Waals surface area contributed by atoms with Gasteiger partial charge in [-0.15, -0.1) is 11.8 Å². The number of nitrogens with zero attached hydrogens (tertiary/aromatic N) is 2. The Morgan fingerprint density at radius 3 is 2.32 bits per heavy atom. The fraction of sp³-hybridized carbons (Fsp3) is 0.615. The van der Waals surface area contributed by atoms with Gasteiger partial charge in [-0.25, -0.2) is 13.4 Å². The number of hydrogen-bond acceptors (Lipinski definition) is 4. The Morgan fingerprint density at radius 2 is 1.89 bits per heavy atom. The lowest BCUT2D eigenvalue weighted by Gasteiger charge is -2.18. The highest BCUT2D eigenvalue weighted by Crippen LogP contribution is 2.21. The summed E-state index contributed by atoms with van der Waals surface area (Å²) in [6.45, 7) is 8.91. The van der Waals surface area contributed by atoms with Crippen molar-refractivity contribution in [2.45, 2.75) is 37.6 Å². The van der Waals surface area contributed by atoms with E-state index < -0.39 is 10.0 Å². The standard InChI is InChI=1S/C13H22N2O2S2/c1-5-15(6-2)19(16,17)12-7-8-13(14-9-12)18-10-11(3)4/h7-9,11H,5-6,10H2,1-4H3. The molecule has 1 heterocycles. The second-order valence-corrected chi connectivity index (χ2v) is 7.60. The molecule has 1 rings (SSSR count). The minimum absolute atomic E-state index is 0.269. The van der Waals surface area contributed by atoms with Crippen LogP contribution >= 0.6 is 11.8 Å². The molecule has 0 aromatic carbocycles. The maximum Gasteiger partial charge on any atom is 0.244 e. The number of sulfonamides is 1. The molecule has 0 unspecified atom stereocenters. The molecule has 1 aromatic heterocycles. The van der Waals surface area contributed by atoms with Crippen LogP contribution in [0.3, 0.4) is 0 Å². The zero-order chi connectivity index (χ0) is 14.5. The number of rotatable bonds is 7. The van der Waals surface area contributed by atoms with Crippen LogP contribution in [0, 0.1) is 5.92 Å². The molecule has 0 aliphatic heterocycles. The number of pyridine rings is 1. The average Bonchev–Trinajstić information content (AvgIpc) is 2.38. The average molecular weight is 302 g/mol. The van der Waals surface area contributed by atoms with Gasteiger partial charge in [0, 0.05) is 25.0 Å². The first-order valence-corrected chi connectivity index (χ1v) is 8.93. The molecule has 0 aliphatic rings. The molecule has 0 saturated carbocycles. The minimum atomic E-state index is -3.39. The highest BCUT2D eigenvalue weighted by atomic mass is 32.2. The molecule has 4 nitrogen and oxygen atoms in total. The first kappa shape index (κ1) is 16.5. The molecule has 6 heteroatoms. The molecule has 0 bridgehead atoms. The Hall–Kier alpha value is -0.590. The quantitative estimate of drug-likeness (QED) is 0.727. The zero-order valence-corrected chi connectivity index (χ0v) is 13.6. The van der Waals surface area contributed by atoms with Crippen LogP contribution in [-0.2, 0) is 10.0 Å². The monoisotopic (exact) mass is 302 g/mol. The lowest BCUT2D eigenvalue weighted by atomic mass is 10.3. The molecular formula is C13H22N2O2S2. The lowest BCUT2D eigenvalue weighted by Crippen LogP contribution is -2.30. The number of thioether (sulfide) groups is 1. The van der Waals surface area contributed by atoms with E-state index in [1.807, 2.05) is 13.8 Å². The maximum absolute atomic E-state index is 12.3. The van der Waals surface area contributed by atoms with Crippen molar-refractivity contribution in [1.29, 1.82) is 0 Å². The molecule has 0 spiro atoms. The van der Waals surface area contributed by atoms with Gasteiger partial charge in [0.15, 0.2) is 0 Å². The largest absolute Gasteiger partial charge is 0.249 e. The summed E-state index contributed by atoms with van der Waals surface area (Å²) in [4.78, 5) is 4.49. The van der Waals surface area contributed by atoms with Crippen molar-refractivity contribution in [1.82, 2.24) is 9.29 Å². The normalized spacial score (nSPS) is 12.3. The fourth-order valence-corrected chi connectivity index (χ4v) is 3.77. The fourth-order valence-electron chi connectivity index (χ4n) is 1.57. The summed E-state index contributed by atoms with van der Waals surface area (Å²) in [5, 5.41) is 0.868. The first-order valence-electron chi connectivity index (χ1n) is 6.50. The van der Waals surface area contributed by atoms with Gasteiger partial charge in [-0.05, 0) is 18.1 Å². The maximum atomic E-state index is 12.3. The summed E-state index contributed by atoms with van der Waals surface area (Å²) >= 11 is 1.65. The summed E-state index contributed by atoms with van der Waals surface area (Å²) in [6, 6.07) is 3.42. The SMILES string of the molecule is CCN(CC)S(=O)(=O)c1ccc(SCC(C)C)nc1. The van der Waals surface area contributed by atoms with Crippen molar-refractivity contribution in [2.24, 2.45) is 5.92 Å². The smallest absolute Gasteiger partial charge is 0.244 e. The van der Waals surface area contributed by atoms with Crippen molar-refractivity contribution < 1.29 is 8.42 Å². The van der Waals surface area contributed by atoms with Gasteiger partial charge in [0.2, 0.25) is 10.0 Å². The third-order valence-corrected chi connectivity index (χ3v) is 6.02. The van der Waals surface area contributed by atoms with Crippen molar-refractivity contribution in [3.8, 4) is 0 Å². The molecule has 108 valence electrons. The van der Waals surface area contributed by atoms with E-state index in [1.54, 1.807) is 23.9 Å². The van der Waals surface area contributed by atoms with Gasteiger partial charge in [0.1, 0.15) is 4.90 Å². The molecule has 0 atom stereocenters. The molecule has 0 aliphatic carbocycles. The Kier molecular flexibility index (Phi) is 6.29. The molecule has 0 fully saturated rings. The molecule has 1 aromatic rings. The Labute approximate surface area is 120 Å². The Bertz CT molecular complexity index is 480. The molecule has 0 radical (unpaired) electrons. The van der Waals surface area contributed by atoms with Crippen LogP contribution in [-0.4, -0.2) is 36.5 Å². The van der Waals surface area contributed by atoms with Gasteiger partial charge >= 0.3 is 0 Å². The second kappa shape index (κ2) is 7.26. The molecule has 0 amide bonds. The minimum Gasteiger partial charge on any atom is -0.249 e. The van der Waals surface area contributed by atoms with E-state index in [9.17, 15) is 8.42 Å². The van der Waals surface area contributed by atoms with Crippen molar-refractivity contribution in [3.63, 3.8) is 0 Å². The molecule has 19 heavy (non-hydrogen) atoms. The summed E-state index contributed by atoms with van der Waals surface area (Å²) in [6.07, 6.45) is 1.45. The van der Waals surface area contributed by atoms with Crippen LogP contribution in [0.1, 0.15) is 27.7 Å². The van der Waals surface area contributed by atoms with Crippen molar-refractivity contribution in [3.05, 3.63) is 18.3 Å². The van der Waals surface area contributed by atoms with E-state index in [0.29, 0.717) is 19.0 Å². The Balaban J connectivity index is 2.86. The van der Waals surface area contributed by atoms with Gasteiger partial charge in [-0.3, -0.25) is 0 Å².